The molecular weight excluding hydrogens is 360 g/mol. The lowest BCUT2D eigenvalue weighted by atomic mass is 9.75. The first-order valence-electron chi connectivity index (χ1n) is 9.80. The maximum Gasteiger partial charge on any atom is 0.411 e. The molecule has 8 nitrogen and oxygen atoms in total. The van der Waals surface area contributed by atoms with E-state index in [1.807, 2.05) is 34.6 Å². The number of β-lactam (4-membered cyclic amide) rings is 1. The molecule has 2 amide bonds. The van der Waals surface area contributed by atoms with E-state index in [4.69, 9.17) is 4.74 Å². The van der Waals surface area contributed by atoms with E-state index in [0.717, 1.165) is 6.42 Å². The van der Waals surface area contributed by atoms with Crippen molar-refractivity contribution in [2.45, 2.75) is 89.8 Å². The Labute approximate surface area is 165 Å². The molecule has 0 aliphatic carbocycles. The Bertz CT molecular complexity index is 748. The second-order valence-electron chi connectivity index (χ2n) is 8.84. The van der Waals surface area contributed by atoms with Crippen LogP contribution in [0.25, 0.3) is 0 Å². The molecular formula is C20H30N4O4. The van der Waals surface area contributed by atoms with E-state index in [1.165, 1.54) is 0 Å². The summed E-state index contributed by atoms with van der Waals surface area (Å²) in [5, 5.41) is 10.4. The SMILES string of the molecule is CC(O)C(c1ncccn1)N1C(=O)C2(CCC(C)N2C(=O)OC(C)(C)C)C1C. The van der Waals surface area contributed by atoms with Crippen LogP contribution in [0.3, 0.4) is 0 Å². The van der Waals surface area contributed by atoms with Gasteiger partial charge >= 0.3 is 6.09 Å². The molecule has 3 heterocycles. The van der Waals surface area contributed by atoms with Crippen molar-refractivity contribution in [1.29, 1.82) is 0 Å². The number of rotatable bonds is 3. The van der Waals surface area contributed by atoms with Gasteiger partial charge in [0.05, 0.1) is 12.1 Å². The first-order chi connectivity index (χ1) is 13.0. The van der Waals surface area contributed by atoms with Gasteiger partial charge in [0.15, 0.2) is 5.82 Å². The first-order valence-corrected chi connectivity index (χ1v) is 9.80. The third-order valence-corrected chi connectivity index (χ3v) is 5.72. The van der Waals surface area contributed by atoms with Crippen LogP contribution in [0.1, 0.15) is 66.3 Å². The Balaban J connectivity index is 1.92. The van der Waals surface area contributed by atoms with Crippen LogP contribution in [0.4, 0.5) is 4.79 Å². The van der Waals surface area contributed by atoms with Crippen LogP contribution in [0, 0.1) is 0 Å². The number of carbonyl (C=O) groups is 2. The third kappa shape index (κ3) is 3.13. The topological polar surface area (TPSA) is 95.9 Å². The molecule has 154 valence electrons. The second kappa shape index (κ2) is 6.99. The molecule has 5 unspecified atom stereocenters. The Hall–Kier alpha value is -2.22. The largest absolute Gasteiger partial charge is 0.444 e. The summed E-state index contributed by atoms with van der Waals surface area (Å²) in [7, 11) is 0. The van der Waals surface area contributed by atoms with Gasteiger partial charge in [-0.15, -0.1) is 0 Å². The highest BCUT2D eigenvalue weighted by Crippen LogP contribution is 2.50. The van der Waals surface area contributed by atoms with Crippen molar-refractivity contribution in [3.8, 4) is 0 Å². The molecule has 2 saturated heterocycles. The molecule has 1 aromatic heterocycles. The smallest absolute Gasteiger partial charge is 0.411 e. The lowest BCUT2D eigenvalue weighted by Crippen LogP contribution is -2.79. The van der Waals surface area contributed by atoms with Gasteiger partial charge in [-0.1, -0.05) is 0 Å². The van der Waals surface area contributed by atoms with Crippen molar-refractivity contribution in [3.63, 3.8) is 0 Å². The van der Waals surface area contributed by atoms with E-state index in [-0.39, 0.29) is 18.0 Å². The molecule has 0 aromatic carbocycles. The van der Waals surface area contributed by atoms with Crippen LogP contribution in [0.15, 0.2) is 18.5 Å². The standard InChI is InChI=1S/C20H30N4O4/c1-12-8-9-20(24(12)18(27)28-19(4,5)6)14(3)23(17(20)26)15(13(2)25)16-21-10-7-11-22-16/h7,10-15,25H,8-9H2,1-6H3. The number of carbonyl (C=O) groups excluding carboxylic acids is 2. The Morgan fingerprint density at radius 1 is 1.32 bits per heavy atom. The Morgan fingerprint density at radius 3 is 2.43 bits per heavy atom. The predicted molar refractivity (Wildman–Crippen MR) is 102 cm³/mol. The second-order valence-corrected chi connectivity index (χ2v) is 8.84. The zero-order valence-corrected chi connectivity index (χ0v) is 17.4. The number of amides is 2. The monoisotopic (exact) mass is 390 g/mol. The molecule has 1 spiro atoms. The zero-order chi connectivity index (χ0) is 20.9. The van der Waals surface area contributed by atoms with Gasteiger partial charge in [0.25, 0.3) is 5.91 Å². The van der Waals surface area contributed by atoms with Crippen molar-refractivity contribution >= 4 is 12.0 Å². The highest BCUT2D eigenvalue weighted by molar-refractivity contribution is 5.98. The van der Waals surface area contributed by atoms with Crippen molar-refractivity contribution in [1.82, 2.24) is 19.8 Å². The molecule has 1 aromatic rings. The van der Waals surface area contributed by atoms with Gasteiger partial charge in [-0.2, -0.15) is 0 Å². The molecule has 2 aliphatic heterocycles. The van der Waals surface area contributed by atoms with Gasteiger partial charge < -0.3 is 14.7 Å². The van der Waals surface area contributed by atoms with E-state index >= 15 is 0 Å². The van der Waals surface area contributed by atoms with Crippen molar-refractivity contribution in [3.05, 3.63) is 24.3 Å². The molecule has 28 heavy (non-hydrogen) atoms. The fourth-order valence-electron chi connectivity index (χ4n) is 4.49. The van der Waals surface area contributed by atoms with E-state index in [9.17, 15) is 14.7 Å². The molecule has 5 atom stereocenters. The number of aliphatic hydroxyl groups is 1. The van der Waals surface area contributed by atoms with E-state index < -0.39 is 29.4 Å². The maximum absolute atomic E-state index is 13.5. The third-order valence-electron chi connectivity index (χ3n) is 5.72. The van der Waals surface area contributed by atoms with Gasteiger partial charge in [0.2, 0.25) is 0 Å². The summed E-state index contributed by atoms with van der Waals surface area (Å²) < 4.78 is 5.59. The fourth-order valence-corrected chi connectivity index (χ4v) is 4.49. The lowest BCUT2D eigenvalue weighted by Gasteiger charge is -2.59. The lowest BCUT2D eigenvalue weighted by molar-refractivity contribution is -0.183. The molecule has 1 N–H and O–H groups in total. The van der Waals surface area contributed by atoms with Gasteiger partial charge in [-0.25, -0.2) is 14.8 Å². The minimum absolute atomic E-state index is 0.0959. The van der Waals surface area contributed by atoms with Crippen LogP contribution in [0.2, 0.25) is 0 Å². The van der Waals surface area contributed by atoms with E-state index in [2.05, 4.69) is 9.97 Å². The summed E-state index contributed by atoms with van der Waals surface area (Å²) in [5.41, 5.74) is -1.58. The number of nitrogens with zero attached hydrogens (tertiary/aromatic N) is 4. The molecule has 0 saturated carbocycles. The quantitative estimate of drug-likeness (QED) is 0.796. The number of aliphatic hydroxyl groups excluding tert-OH is 1. The van der Waals surface area contributed by atoms with Gasteiger partial charge in [-0.05, 0) is 60.5 Å². The highest BCUT2D eigenvalue weighted by atomic mass is 16.6. The molecule has 8 heteroatoms. The molecule has 2 fully saturated rings. The van der Waals surface area contributed by atoms with Crippen LogP contribution < -0.4 is 0 Å². The molecule has 2 aliphatic rings. The summed E-state index contributed by atoms with van der Waals surface area (Å²) in [6.45, 7) is 10.9. The summed E-state index contributed by atoms with van der Waals surface area (Å²) in [6.07, 6.45) is 3.16. The van der Waals surface area contributed by atoms with Crippen molar-refractivity contribution in [2.24, 2.45) is 0 Å². The predicted octanol–water partition coefficient (Wildman–Crippen LogP) is 2.29. The number of hydrogen-bond acceptors (Lipinski definition) is 6. The summed E-state index contributed by atoms with van der Waals surface area (Å²) in [4.78, 5) is 38.0. The molecule has 3 rings (SSSR count). The van der Waals surface area contributed by atoms with E-state index in [1.54, 1.807) is 35.2 Å². The fraction of sp³-hybridized carbons (Fsp3) is 0.700. The molecule has 0 bridgehead atoms. The Morgan fingerprint density at radius 2 is 1.93 bits per heavy atom. The minimum atomic E-state index is -0.941. The maximum atomic E-state index is 13.5. The first kappa shape index (κ1) is 20.5. The number of likely N-dealkylation sites (tertiary alicyclic amines) is 2. The summed E-state index contributed by atoms with van der Waals surface area (Å²) in [5.74, 6) is 0.205. The van der Waals surface area contributed by atoms with Gasteiger partial charge in [0, 0.05) is 18.4 Å². The number of ether oxygens (including phenoxy) is 1. The van der Waals surface area contributed by atoms with Crippen molar-refractivity contribution in [2.75, 3.05) is 0 Å². The van der Waals surface area contributed by atoms with Gasteiger partial charge in [-0.3, -0.25) is 9.69 Å². The molecule has 0 radical (unpaired) electrons. The van der Waals surface area contributed by atoms with Crippen LogP contribution in [0.5, 0.6) is 0 Å². The minimum Gasteiger partial charge on any atom is -0.444 e. The highest BCUT2D eigenvalue weighted by Gasteiger charge is 2.68. The van der Waals surface area contributed by atoms with Crippen LogP contribution in [-0.4, -0.2) is 66.2 Å². The zero-order valence-electron chi connectivity index (χ0n) is 17.4. The van der Waals surface area contributed by atoms with E-state index in [0.29, 0.717) is 12.2 Å². The normalized spacial score (nSPS) is 29.6. The summed E-state index contributed by atoms with van der Waals surface area (Å²) >= 11 is 0. The number of hydrogen-bond donors (Lipinski definition) is 1. The number of aromatic nitrogens is 2. The summed E-state index contributed by atoms with van der Waals surface area (Å²) in [6, 6.07) is 0.641. The van der Waals surface area contributed by atoms with Crippen LogP contribution in [-0.2, 0) is 9.53 Å². The average molecular weight is 390 g/mol. The van der Waals surface area contributed by atoms with Crippen molar-refractivity contribution < 1.29 is 19.4 Å². The van der Waals surface area contributed by atoms with Crippen LogP contribution >= 0.6 is 0 Å². The van der Waals surface area contributed by atoms with Gasteiger partial charge in [0.1, 0.15) is 17.2 Å². The average Bonchev–Trinajstić information content (AvgIpc) is 2.97. The Kier molecular flexibility index (Phi) is 5.12.